The Morgan fingerprint density at radius 2 is 1.45 bits per heavy atom. The van der Waals surface area contributed by atoms with Crippen LogP contribution in [-0.2, 0) is 15.0 Å². The number of imidazole rings is 1. The molecule has 7 rings (SSSR count). The lowest BCUT2D eigenvalue weighted by Gasteiger charge is -2.38. The van der Waals surface area contributed by atoms with Crippen molar-refractivity contribution < 1.29 is 24.1 Å². The minimum absolute atomic E-state index is 0.257. The van der Waals surface area contributed by atoms with Crippen LogP contribution in [0.15, 0.2) is 128 Å². The van der Waals surface area contributed by atoms with E-state index in [9.17, 15) is 9.90 Å². The highest BCUT2D eigenvalue weighted by Gasteiger charge is 2.47. The molecule has 1 amide bonds. The van der Waals surface area contributed by atoms with Gasteiger partial charge in [-0.3, -0.25) is 14.7 Å². The molecule has 0 aliphatic carbocycles. The first-order chi connectivity index (χ1) is 24.0. The number of fused-ring (bicyclic) bond motifs is 1. The van der Waals surface area contributed by atoms with Crippen molar-refractivity contribution in [2.45, 2.75) is 30.1 Å². The highest BCUT2D eigenvalue weighted by Crippen LogP contribution is 2.39. The van der Waals surface area contributed by atoms with Crippen molar-refractivity contribution in [3.8, 4) is 5.75 Å². The van der Waals surface area contributed by atoms with Crippen LogP contribution in [0, 0.1) is 0 Å². The Hall–Kier alpha value is -5.46. The van der Waals surface area contributed by atoms with E-state index in [4.69, 9.17) is 14.2 Å². The number of aliphatic hydroxyl groups excluding tert-OH is 1. The standard InChI is InChI=1S/C38H36N6O5/c1-47-29-20-18-28(19-21-29)38(26-14-8-4-9-15-26,27-16-10-5-11-17-27)42-22-30-32(45)33(48-2)37(49-30)44-24-41-31-34(39-23-40-35(31)44)43-36(46)25-12-6-3-7-13-25/h3-21,23-24,30,32-33,37,42,45H,22H2,1-2H3,(H,39,40,43,46)/t30-,32-,33-,37-/m1/s1. The van der Waals surface area contributed by atoms with Gasteiger partial charge in [-0.25, -0.2) is 15.0 Å². The molecule has 0 spiro atoms. The number of amides is 1. The van der Waals surface area contributed by atoms with E-state index in [-0.39, 0.29) is 18.3 Å². The Labute approximate surface area is 283 Å². The van der Waals surface area contributed by atoms with Crippen LogP contribution in [-0.4, -0.2) is 69.6 Å². The summed E-state index contributed by atoms with van der Waals surface area (Å²) in [5.41, 5.74) is 3.50. The summed E-state index contributed by atoms with van der Waals surface area (Å²) in [6.07, 6.45) is -0.281. The highest BCUT2D eigenvalue weighted by atomic mass is 16.6. The summed E-state index contributed by atoms with van der Waals surface area (Å²) in [6, 6.07) is 37.2. The lowest BCUT2D eigenvalue weighted by molar-refractivity contribution is -0.0495. The smallest absolute Gasteiger partial charge is 0.256 e. The maximum atomic E-state index is 12.9. The molecule has 248 valence electrons. The predicted octanol–water partition coefficient (Wildman–Crippen LogP) is 4.94. The molecule has 0 bridgehead atoms. The van der Waals surface area contributed by atoms with Crippen molar-refractivity contribution >= 4 is 22.9 Å². The van der Waals surface area contributed by atoms with E-state index in [0.717, 1.165) is 22.4 Å². The van der Waals surface area contributed by atoms with Crippen molar-refractivity contribution in [2.24, 2.45) is 0 Å². The van der Waals surface area contributed by atoms with E-state index in [1.54, 1.807) is 42.3 Å². The number of methoxy groups -OCH3 is 2. The van der Waals surface area contributed by atoms with Gasteiger partial charge in [0.25, 0.3) is 5.91 Å². The highest BCUT2D eigenvalue weighted by molar-refractivity contribution is 6.06. The van der Waals surface area contributed by atoms with Crippen molar-refractivity contribution in [3.63, 3.8) is 0 Å². The number of ether oxygens (including phenoxy) is 3. The third kappa shape index (κ3) is 6.05. The quantitative estimate of drug-likeness (QED) is 0.166. The van der Waals surface area contributed by atoms with Gasteiger partial charge in [0.15, 0.2) is 23.2 Å². The van der Waals surface area contributed by atoms with Gasteiger partial charge in [0.05, 0.1) is 19.0 Å². The fourth-order valence-corrected chi connectivity index (χ4v) is 6.54. The Bertz CT molecular complexity index is 1970. The van der Waals surface area contributed by atoms with E-state index < -0.39 is 30.1 Å². The van der Waals surface area contributed by atoms with Crippen molar-refractivity contribution in [2.75, 3.05) is 26.1 Å². The molecule has 4 atom stereocenters. The number of hydrogen-bond donors (Lipinski definition) is 3. The SMILES string of the molecule is COc1ccc(C(NC[C@H]2O[C@@H](n3cnc4c(NC(=O)c5ccccc5)ncnc43)[C@H](OC)[C@@H]2O)(c2ccccc2)c2ccccc2)cc1. The van der Waals surface area contributed by atoms with Crippen LogP contribution in [0.5, 0.6) is 5.75 Å². The predicted molar refractivity (Wildman–Crippen MR) is 184 cm³/mol. The summed E-state index contributed by atoms with van der Waals surface area (Å²) in [7, 11) is 3.18. The van der Waals surface area contributed by atoms with E-state index >= 15 is 0 Å². The Morgan fingerprint density at radius 1 is 0.837 bits per heavy atom. The molecular formula is C38H36N6O5. The van der Waals surface area contributed by atoms with Crippen LogP contribution in [0.25, 0.3) is 11.2 Å². The van der Waals surface area contributed by atoms with Gasteiger partial charge in [0.2, 0.25) is 0 Å². The molecular weight excluding hydrogens is 620 g/mol. The van der Waals surface area contributed by atoms with Crippen LogP contribution in [0.4, 0.5) is 5.82 Å². The van der Waals surface area contributed by atoms with Gasteiger partial charge >= 0.3 is 0 Å². The summed E-state index contributed by atoms with van der Waals surface area (Å²) in [4.78, 5) is 26.2. The molecule has 11 nitrogen and oxygen atoms in total. The maximum Gasteiger partial charge on any atom is 0.256 e. The number of aromatic nitrogens is 4. The van der Waals surface area contributed by atoms with Gasteiger partial charge in [-0.1, -0.05) is 91.0 Å². The normalized spacial score (nSPS) is 19.2. The molecule has 2 aromatic heterocycles. The van der Waals surface area contributed by atoms with Crippen molar-refractivity contribution in [3.05, 3.63) is 150 Å². The van der Waals surface area contributed by atoms with Crippen LogP contribution in [0.1, 0.15) is 33.3 Å². The molecule has 0 unspecified atom stereocenters. The van der Waals surface area contributed by atoms with Gasteiger partial charge in [-0.15, -0.1) is 0 Å². The zero-order chi connectivity index (χ0) is 33.8. The number of anilines is 1. The number of nitrogens with one attached hydrogen (secondary N) is 2. The minimum Gasteiger partial charge on any atom is -0.497 e. The molecule has 1 fully saturated rings. The minimum atomic E-state index is -1.00. The first-order valence-electron chi connectivity index (χ1n) is 15.9. The number of hydrogen-bond acceptors (Lipinski definition) is 9. The summed E-state index contributed by atoms with van der Waals surface area (Å²) < 4.78 is 19.6. The fraction of sp³-hybridized carbons (Fsp3) is 0.211. The first kappa shape index (κ1) is 32.1. The summed E-state index contributed by atoms with van der Waals surface area (Å²) in [5, 5.41) is 18.3. The second-order valence-electron chi connectivity index (χ2n) is 11.7. The van der Waals surface area contributed by atoms with Crippen molar-refractivity contribution in [1.82, 2.24) is 24.8 Å². The number of aliphatic hydroxyl groups is 1. The van der Waals surface area contributed by atoms with Gasteiger partial charge in [-0.05, 0) is 41.0 Å². The molecule has 3 heterocycles. The van der Waals surface area contributed by atoms with Gasteiger partial charge in [0.1, 0.15) is 30.4 Å². The van der Waals surface area contributed by atoms with E-state index in [1.165, 1.54) is 13.4 Å². The van der Waals surface area contributed by atoms with Gasteiger partial charge < -0.3 is 24.6 Å². The van der Waals surface area contributed by atoms with E-state index in [0.29, 0.717) is 16.7 Å². The molecule has 6 aromatic rings. The monoisotopic (exact) mass is 656 g/mol. The Morgan fingerprint density at radius 3 is 2.06 bits per heavy atom. The second-order valence-corrected chi connectivity index (χ2v) is 11.7. The number of benzene rings is 4. The van der Waals surface area contributed by atoms with Crippen LogP contribution < -0.4 is 15.4 Å². The zero-order valence-corrected chi connectivity index (χ0v) is 27.0. The average molecular weight is 657 g/mol. The third-order valence-electron chi connectivity index (χ3n) is 8.99. The van der Waals surface area contributed by atoms with Gasteiger partial charge in [0, 0.05) is 19.2 Å². The molecule has 3 N–H and O–H groups in total. The number of carbonyl (C=O) groups excluding carboxylic acids is 1. The molecule has 11 heteroatoms. The average Bonchev–Trinajstić information content (AvgIpc) is 3.74. The fourth-order valence-electron chi connectivity index (χ4n) is 6.54. The van der Waals surface area contributed by atoms with Crippen LogP contribution in [0.2, 0.25) is 0 Å². The van der Waals surface area contributed by atoms with Crippen molar-refractivity contribution in [1.29, 1.82) is 0 Å². The van der Waals surface area contributed by atoms with Gasteiger partial charge in [-0.2, -0.15) is 0 Å². The lowest BCUT2D eigenvalue weighted by Crippen LogP contribution is -2.49. The number of carbonyl (C=O) groups is 1. The zero-order valence-electron chi connectivity index (χ0n) is 27.0. The molecule has 0 radical (unpaired) electrons. The molecule has 1 aliphatic rings. The topological polar surface area (TPSA) is 133 Å². The molecule has 49 heavy (non-hydrogen) atoms. The molecule has 4 aromatic carbocycles. The lowest BCUT2D eigenvalue weighted by atomic mass is 9.76. The molecule has 1 saturated heterocycles. The Balaban J connectivity index is 1.21. The summed E-state index contributed by atoms with van der Waals surface area (Å²) in [6.45, 7) is 0.257. The van der Waals surface area contributed by atoms with Crippen LogP contribution >= 0.6 is 0 Å². The van der Waals surface area contributed by atoms with E-state index in [1.807, 2.05) is 66.7 Å². The second kappa shape index (κ2) is 14.0. The summed E-state index contributed by atoms with van der Waals surface area (Å²) >= 11 is 0. The maximum absolute atomic E-state index is 12.9. The third-order valence-corrected chi connectivity index (χ3v) is 8.99. The first-order valence-corrected chi connectivity index (χ1v) is 15.9. The number of rotatable bonds is 11. The summed E-state index contributed by atoms with van der Waals surface area (Å²) in [5.74, 6) is 0.692. The molecule has 1 aliphatic heterocycles. The largest absolute Gasteiger partial charge is 0.497 e. The number of nitrogens with zero attached hydrogens (tertiary/aromatic N) is 4. The van der Waals surface area contributed by atoms with Crippen LogP contribution in [0.3, 0.4) is 0 Å². The van der Waals surface area contributed by atoms with E-state index in [2.05, 4.69) is 49.9 Å². The Kier molecular flexibility index (Phi) is 9.14. The molecule has 0 saturated carbocycles.